The maximum Gasteiger partial charge on any atom is 0.333 e. The molecule has 0 unspecified atom stereocenters. The molecular formula is C13H20O4. The number of hydrogen-bond donors (Lipinski definition) is 0. The lowest BCUT2D eigenvalue weighted by Gasteiger charge is -2.29. The van der Waals surface area contributed by atoms with E-state index in [1.54, 1.807) is 6.92 Å². The first-order chi connectivity index (χ1) is 8.27. The van der Waals surface area contributed by atoms with Gasteiger partial charge in [-0.2, -0.15) is 0 Å². The number of rotatable bonds is 6. The summed E-state index contributed by atoms with van der Waals surface area (Å²) in [5.41, 5.74) is 0. The van der Waals surface area contributed by atoms with Gasteiger partial charge < -0.3 is 14.3 Å². The molecule has 0 aromatic carbocycles. The Hall–Kier alpha value is -1.32. The van der Waals surface area contributed by atoms with E-state index in [1.165, 1.54) is 12.3 Å². The first-order valence-electron chi connectivity index (χ1n) is 6.20. The second-order valence-corrected chi connectivity index (χ2v) is 4.18. The molecule has 0 bridgehead atoms. The molecular weight excluding hydrogens is 220 g/mol. The quantitative estimate of drug-likeness (QED) is 0.309. The topological polar surface area (TPSA) is 52.6 Å². The average Bonchev–Trinajstić information content (AvgIpc) is 2.32. The maximum atomic E-state index is 11.0. The summed E-state index contributed by atoms with van der Waals surface area (Å²) in [7, 11) is 0. The van der Waals surface area contributed by atoms with Crippen LogP contribution < -0.4 is 0 Å². The molecule has 0 aromatic heterocycles. The third-order valence-electron chi connectivity index (χ3n) is 2.98. The van der Waals surface area contributed by atoms with Crippen molar-refractivity contribution in [2.75, 3.05) is 6.61 Å². The van der Waals surface area contributed by atoms with E-state index in [9.17, 15) is 9.59 Å². The monoisotopic (exact) mass is 240 g/mol. The van der Waals surface area contributed by atoms with E-state index < -0.39 is 5.97 Å². The Morgan fingerprint density at radius 2 is 2.12 bits per heavy atom. The molecule has 0 spiro atoms. The normalized spacial score (nSPS) is 24.5. The number of hydrogen-bond acceptors (Lipinski definition) is 4. The maximum absolute atomic E-state index is 11.0. The molecule has 2 atom stereocenters. The van der Waals surface area contributed by atoms with E-state index in [0.717, 1.165) is 32.0 Å². The number of carbonyl (C=O) groups is 2. The zero-order chi connectivity index (χ0) is 12.5. The fourth-order valence-electron chi connectivity index (χ4n) is 2.13. The highest BCUT2D eigenvalue weighted by molar-refractivity contribution is 5.81. The standard InChI is InChI=1S/C13H20O4/c1-2-16-13(15)8-10-17-12-6-4-3-5-11(12)7-9-14/h8-12H,2-7H2,1H3/b10-8+/t11-,12+/m0/s1. The van der Waals surface area contributed by atoms with E-state index in [2.05, 4.69) is 0 Å². The number of carbonyl (C=O) groups excluding carboxylic acids is 2. The average molecular weight is 240 g/mol. The molecule has 1 fully saturated rings. The summed E-state index contributed by atoms with van der Waals surface area (Å²) in [5.74, 6) is -0.108. The van der Waals surface area contributed by atoms with Crippen LogP contribution in [-0.2, 0) is 19.1 Å². The summed E-state index contributed by atoms with van der Waals surface area (Å²) < 4.78 is 10.3. The van der Waals surface area contributed by atoms with E-state index in [0.29, 0.717) is 13.0 Å². The molecule has 4 heteroatoms. The van der Waals surface area contributed by atoms with Gasteiger partial charge in [-0.15, -0.1) is 0 Å². The summed E-state index contributed by atoms with van der Waals surface area (Å²) in [6, 6.07) is 0. The summed E-state index contributed by atoms with van der Waals surface area (Å²) in [4.78, 5) is 21.6. The third-order valence-corrected chi connectivity index (χ3v) is 2.98. The first-order valence-corrected chi connectivity index (χ1v) is 6.20. The lowest BCUT2D eigenvalue weighted by atomic mass is 9.84. The smallest absolute Gasteiger partial charge is 0.333 e. The van der Waals surface area contributed by atoms with E-state index in [1.807, 2.05) is 0 Å². The van der Waals surface area contributed by atoms with Crippen molar-refractivity contribution in [1.29, 1.82) is 0 Å². The molecule has 0 amide bonds. The summed E-state index contributed by atoms with van der Waals surface area (Å²) in [6.45, 7) is 2.12. The molecule has 0 N–H and O–H groups in total. The predicted molar refractivity (Wildman–Crippen MR) is 63.3 cm³/mol. The molecule has 1 saturated carbocycles. The Morgan fingerprint density at radius 1 is 1.35 bits per heavy atom. The minimum atomic E-state index is -0.393. The van der Waals surface area contributed by atoms with Gasteiger partial charge in [0.2, 0.25) is 0 Å². The Kier molecular flexibility index (Phi) is 6.37. The van der Waals surface area contributed by atoms with Gasteiger partial charge in [0.25, 0.3) is 0 Å². The predicted octanol–water partition coefficient (Wildman–Crippen LogP) is 2.23. The Morgan fingerprint density at radius 3 is 2.82 bits per heavy atom. The van der Waals surface area contributed by atoms with Gasteiger partial charge >= 0.3 is 5.97 Å². The largest absolute Gasteiger partial charge is 0.497 e. The van der Waals surface area contributed by atoms with Crippen molar-refractivity contribution in [3.8, 4) is 0 Å². The van der Waals surface area contributed by atoms with Gasteiger partial charge in [0.15, 0.2) is 0 Å². The lowest BCUT2D eigenvalue weighted by Crippen LogP contribution is -2.26. The third kappa shape index (κ3) is 5.02. The molecule has 96 valence electrons. The van der Waals surface area contributed by atoms with Gasteiger partial charge in [-0.05, 0) is 26.2 Å². The lowest BCUT2D eigenvalue weighted by molar-refractivity contribution is -0.137. The number of aldehydes is 1. The van der Waals surface area contributed by atoms with E-state index >= 15 is 0 Å². The first kappa shape index (κ1) is 13.7. The van der Waals surface area contributed by atoms with Crippen LogP contribution >= 0.6 is 0 Å². The zero-order valence-corrected chi connectivity index (χ0v) is 10.3. The molecule has 0 heterocycles. The summed E-state index contributed by atoms with van der Waals surface area (Å²) in [6.07, 6.45) is 8.47. The van der Waals surface area contributed by atoms with Crippen LogP contribution in [0.25, 0.3) is 0 Å². The van der Waals surface area contributed by atoms with Crippen LogP contribution in [0.4, 0.5) is 0 Å². The van der Waals surface area contributed by atoms with Crippen molar-refractivity contribution in [1.82, 2.24) is 0 Å². The number of ether oxygens (including phenoxy) is 2. The minimum absolute atomic E-state index is 0.0552. The van der Waals surface area contributed by atoms with E-state index in [4.69, 9.17) is 9.47 Å². The Labute approximate surface area is 102 Å². The minimum Gasteiger partial charge on any atom is -0.497 e. The van der Waals surface area contributed by atoms with Crippen LogP contribution in [0.2, 0.25) is 0 Å². The van der Waals surface area contributed by atoms with Crippen molar-refractivity contribution in [2.24, 2.45) is 5.92 Å². The van der Waals surface area contributed by atoms with Crippen LogP contribution in [0, 0.1) is 5.92 Å². The summed E-state index contributed by atoms with van der Waals surface area (Å²) >= 11 is 0. The van der Waals surface area contributed by atoms with Crippen molar-refractivity contribution in [2.45, 2.75) is 45.1 Å². The van der Waals surface area contributed by atoms with Crippen LogP contribution in [0.15, 0.2) is 12.3 Å². The van der Waals surface area contributed by atoms with Gasteiger partial charge in [-0.25, -0.2) is 4.79 Å². The fourth-order valence-corrected chi connectivity index (χ4v) is 2.13. The SMILES string of the molecule is CCOC(=O)/C=C/O[C@@H]1CCCC[C@H]1CC=O. The summed E-state index contributed by atoms with van der Waals surface area (Å²) in [5, 5.41) is 0. The molecule has 1 aliphatic carbocycles. The van der Waals surface area contributed by atoms with Crippen molar-refractivity contribution >= 4 is 12.3 Å². The zero-order valence-electron chi connectivity index (χ0n) is 10.3. The van der Waals surface area contributed by atoms with Crippen LogP contribution in [0.1, 0.15) is 39.0 Å². The molecule has 1 aliphatic rings. The van der Waals surface area contributed by atoms with Gasteiger partial charge in [0.05, 0.1) is 18.9 Å². The van der Waals surface area contributed by atoms with Gasteiger partial charge in [-0.1, -0.05) is 6.42 Å². The van der Waals surface area contributed by atoms with Gasteiger partial charge in [0.1, 0.15) is 12.4 Å². The van der Waals surface area contributed by atoms with Crippen LogP contribution in [-0.4, -0.2) is 25.0 Å². The van der Waals surface area contributed by atoms with Crippen LogP contribution in [0.3, 0.4) is 0 Å². The molecule has 0 aromatic rings. The molecule has 1 rings (SSSR count). The molecule has 4 nitrogen and oxygen atoms in total. The Bertz CT molecular complexity index is 273. The van der Waals surface area contributed by atoms with Crippen molar-refractivity contribution in [3.05, 3.63) is 12.3 Å². The van der Waals surface area contributed by atoms with Crippen molar-refractivity contribution in [3.63, 3.8) is 0 Å². The molecule has 0 saturated heterocycles. The highest BCUT2D eigenvalue weighted by atomic mass is 16.5. The Balaban J connectivity index is 2.37. The second kappa shape index (κ2) is 7.87. The molecule has 17 heavy (non-hydrogen) atoms. The second-order valence-electron chi connectivity index (χ2n) is 4.18. The highest BCUT2D eigenvalue weighted by Gasteiger charge is 2.25. The van der Waals surface area contributed by atoms with Gasteiger partial charge in [-0.3, -0.25) is 0 Å². The highest BCUT2D eigenvalue weighted by Crippen LogP contribution is 2.28. The van der Waals surface area contributed by atoms with E-state index in [-0.39, 0.29) is 12.0 Å². The van der Waals surface area contributed by atoms with Crippen LogP contribution in [0.5, 0.6) is 0 Å². The van der Waals surface area contributed by atoms with Crippen molar-refractivity contribution < 1.29 is 19.1 Å². The number of esters is 1. The molecule has 0 aliphatic heterocycles. The van der Waals surface area contributed by atoms with Gasteiger partial charge in [0, 0.05) is 12.3 Å². The molecule has 0 radical (unpaired) electrons. The fraction of sp³-hybridized carbons (Fsp3) is 0.692.